The molecule has 1 heterocycles. The predicted octanol–water partition coefficient (Wildman–Crippen LogP) is 1.82. The van der Waals surface area contributed by atoms with Gasteiger partial charge in [-0.25, -0.2) is 9.18 Å². The minimum Gasteiger partial charge on any atom is -0.480 e. The van der Waals surface area contributed by atoms with Crippen LogP contribution in [0.25, 0.3) is 0 Å². The number of hydrogen-bond acceptors (Lipinski definition) is 2. The summed E-state index contributed by atoms with van der Waals surface area (Å²) in [6.07, 6.45) is 1.06. The zero-order valence-corrected chi connectivity index (χ0v) is 10.0. The molecule has 0 aromatic heterocycles. The fraction of sp³-hybridized carbons (Fsp3) is 0.385. The second kappa shape index (κ2) is 4.76. The molecule has 1 aliphatic heterocycles. The number of hydrogen-bond donors (Lipinski definition) is 1. The maximum Gasteiger partial charge on any atom is 0.326 e. The van der Waals surface area contributed by atoms with Crippen LogP contribution in [-0.4, -0.2) is 34.5 Å². The summed E-state index contributed by atoms with van der Waals surface area (Å²) >= 11 is 0. The van der Waals surface area contributed by atoms with Gasteiger partial charge in [-0.3, -0.25) is 4.79 Å². The number of carboxylic acids is 1. The molecule has 2 rings (SSSR count). The van der Waals surface area contributed by atoms with Gasteiger partial charge >= 0.3 is 5.97 Å². The van der Waals surface area contributed by atoms with Crippen LogP contribution in [0.4, 0.5) is 4.39 Å². The Labute approximate surface area is 104 Å². The van der Waals surface area contributed by atoms with Crippen LogP contribution >= 0.6 is 0 Å². The SMILES string of the molecule is Cc1cccc(C(=O)N2CCCC2C(=O)O)c1F. The van der Waals surface area contributed by atoms with Crippen LogP contribution in [0.3, 0.4) is 0 Å². The van der Waals surface area contributed by atoms with Gasteiger partial charge < -0.3 is 10.0 Å². The molecule has 5 heteroatoms. The average molecular weight is 251 g/mol. The molecule has 1 amide bonds. The van der Waals surface area contributed by atoms with Crippen molar-refractivity contribution in [3.8, 4) is 0 Å². The number of carbonyl (C=O) groups excluding carboxylic acids is 1. The Bertz CT molecular complexity index is 501. The third-order valence-corrected chi connectivity index (χ3v) is 3.22. The highest BCUT2D eigenvalue weighted by atomic mass is 19.1. The highest BCUT2D eigenvalue weighted by molar-refractivity contribution is 5.97. The third kappa shape index (κ3) is 2.08. The normalized spacial score (nSPS) is 19.0. The van der Waals surface area contributed by atoms with Gasteiger partial charge in [0.25, 0.3) is 5.91 Å². The van der Waals surface area contributed by atoms with E-state index in [0.29, 0.717) is 24.9 Å². The summed E-state index contributed by atoms with van der Waals surface area (Å²) in [5.41, 5.74) is 0.329. The van der Waals surface area contributed by atoms with Gasteiger partial charge in [-0.2, -0.15) is 0 Å². The lowest BCUT2D eigenvalue weighted by atomic mass is 10.1. The molecule has 1 aliphatic rings. The first-order valence-electron chi connectivity index (χ1n) is 5.81. The van der Waals surface area contributed by atoms with E-state index in [2.05, 4.69) is 0 Å². The molecule has 1 N–H and O–H groups in total. The molecule has 4 nitrogen and oxygen atoms in total. The Kier molecular flexibility index (Phi) is 3.32. The molecule has 0 radical (unpaired) electrons. The fourth-order valence-corrected chi connectivity index (χ4v) is 2.23. The molecule has 0 saturated carbocycles. The quantitative estimate of drug-likeness (QED) is 0.872. The van der Waals surface area contributed by atoms with Crippen LogP contribution in [0.5, 0.6) is 0 Å². The fourth-order valence-electron chi connectivity index (χ4n) is 2.23. The van der Waals surface area contributed by atoms with E-state index >= 15 is 0 Å². The van der Waals surface area contributed by atoms with Crippen molar-refractivity contribution in [2.24, 2.45) is 0 Å². The Balaban J connectivity index is 2.31. The van der Waals surface area contributed by atoms with E-state index in [0.717, 1.165) is 0 Å². The van der Waals surface area contributed by atoms with Crippen molar-refractivity contribution in [1.29, 1.82) is 0 Å². The number of nitrogens with zero attached hydrogens (tertiary/aromatic N) is 1. The van der Waals surface area contributed by atoms with Crippen molar-refractivity contribution in [2.75, 3.05) is 6.54 Å². The van der Waals surface area contributed by atoms with Crippen LogP contribution in [0.2, 0.25) is 0 Å². The number of aryl methyl sites for hydroxylation is 1. The number of likely N-dealkylation sites (tertiary alicyclic amines) is 1. The smallest absolute Gasteiger partial charge is 0.326 e. The van der Waals surface area contributed by atoms with E-state index < -0.39 is 23.7 Å². The average Bonchev–Trinajstić information content (AvgIpc) is 2.81. The van der Waals surface area contributed by atoms with Gasteiger partial charge in [-0.1, -0.05) is 12.1 Å². The first kappa shape index (κ1) is 12.5. The molecule has 18 heavy (non-hydrogen) atoms. The molecule has 1 saturated heterocycles. The van der Waals surface area contributed by atoms with Gasteiger partial charge in [0.2, 0.25) is 0 Å². The first-order chi connectivity index (χ1) is 8.52. The lowest BCUT2D eigenvalue weighted by Gasteiger charge is -2.21. The molecule has 0 aliphatic carbocycles. The summed E-state index contributed by atoms with van der Waals surface area (Å²) in [5, 5.41) is 9.02. The maximum atomic E-state index is 13.8. The topological polar surface area (TPSA) is 57.6 Å². The number of halogens is 1. The summed E-state index contributed by atoms with van der Waals surface area (Å²) in [5.74, 6) is -2.14. The number of carboxylic acid groups (broad SMARTS) is 1. The summed E-state index contributed by atoms with van der Waals surface area (Å²) in [6, 6.07) is 3.72. The molecule has 1 fully saturated rings. The van der Waals surface area contributed by atoms with Crippen molar-refractivity contribution in [3.05, 3.63) is 35.1 Å². The van der Waals surface area contributed by atoms with E-state index in [1.807, 2.05) is 0 Å². The van der Waals surface area contributed by atoms with Crippen molar-refractivity contribution in [1.82, 2.24) is 4.90 Å². The molecule has 0 bridgehead atoms. The molecule has 1 atom stereocenters. The third-order valence-electron chi connectivity index (χ3n) is 3.22. The first-order valence-corrected chi connectivity index (χ1v) is 5.81. The Morgan fingerprint density at radius 3 is 2.83 bits per heavy atom. The molecule has 1 unspecified atom stereocenters. The van der Waals surface area contributed by atoms with Gasteiger partial charge in [-0.15, -0.1) is 0 Å². The van der Waals surface area contributed by atoms with Crippen LogP contribution < -0.4 is 0 Å². The number of benzene rings is 1. The molecule has 96 valence electrons. The molecular weight excluding hydrogens is 237 g/mol. The summed E-state index contributed by atoms with van der Waals surface area (Å²) in [6.45, 7) is 1.94. The van der Waals surface area contributed by atoms with E-state index in [-0.39, 0.29) is 5.56 Å². The Morgan fingerprint density at radius 1 is 1.44 bits per heavy atom. The highest BCUT2D eigenvalue weighted by Crippen LogP contribution is 2.22. The van der Waals surface area contributed by atoms with Gasteiger partial charge in [0.05, 0.1) is 5.56 Å². The molecule has 1 aromatic carbocycles. The van der Waals surface area contributed by atoms with Gasteiger partial charge in [0, 0.05) is 6.54 Å². The van der Waals surface area contributed by atoms with Crippen molar-refractivity contribution >= 4 is 11.9 Å². The predicted molar refractivity (Wildman–Crippen MR) is 62.8 cm³/mol. The molecule has 1 aromatic rings. The lowest BCUT2D eigenvalue weighted by Crippen LogP contribution is -2.40. The van der Waals surface area contributed by atoms with Gasteiger partial charge in [0.15, 0.2) is 0 Å². The van der Waals surface area contributed by atoms with Gasteiger partial charge in [-0.05, 0) is 31.4 Å². The second-order valence-corrected chi connectivity index (χ2v) is 4.43. The van der Waals surface area contributed by atoms with Crippen LogP contribution in [0.1, 0.15) is 28.8 Å². The van der Waals surface area contributed by atoms with Crippen molar-refractivity contribution in [2.45, 2.75) is 25.8 Å². The summed E-state index contributed by atoms with van der Waals surface area (Å²) in [4.78, 5) is 24.4. The van der Waals surface area contributed by atoms with Crippen LogP contribution in [-0.2, 0) is 4.79 Å². The number of carbonyl (C=O) groups is 2. The summed E-state index contributed by atoms with van der Waals surface area (Å²) < 4.78 is 13.8. The molecular formula is C13H14FNO3. The minimum absolute atomic E-state index is 0.0526. The van der Waals surface area contributed by atoms with Crippen molar-refractivity contribution < 1.29 is 19.1 Å². The highest BCUT2D eigenvalue weighted by Gasteiger charge is 2.35. The number of rotatable bonds is 2. The lowest BCUT2D eigenvalue weighted by molar-refractivity contribution is -0.141. The van der Waals surface area contributed by atoms with E-state index in [1.54, 1.807) is 19.1 Å². The number of aliphatic carboxylic acids is 1. The summed E-state index contributed by atoms with van der Waals surface area (Å²) in [7, 11) is 0. The maximum absolute atomic E-state index is 13.8. The van der Waals surface area contributed by atoms with Gasteiger partial charge in [0.1, 0.15) is 11.9 Å². The Hall–Kier alpha value is -1.91. The van der Waals surface area contributed by atoms with Crippen molar-refractivity contribution in [3.63, 3.8) is 0 Å². The van der Waals surface area contributed by atoms with Crippen LogP contribution in [0, 0.1) is 12.7 Å². The number of amides is 1. The van der Waals surface area contributed by atoms with Crippen LogP contribution in [0.15, 0.2) is 18.2 Å². The van der Waals surface area contributed by atoms with E-state index in [9.17, 15) is 14.0 Å². The zero-order chi connectivity index (χ0) is 13.3. The standard InChI is InChI=1S/C13H14FNO3/c1-8-4-2-5-9(11(8)14)12(16)15-7-3-6-10(15)13(17)18/h2,4-5,10H,3,6-7H2,1H3,(H,17,18). The second-order valence-electron chi connectivity index (χ2n) is 4.43. The zero-order valence-electron chi connectivity index (χ0n) is 10.0. The monoisotopic (exact) mass is 251 g/mol. The minimum atomic E-state index is -1.03. The van der Waals surface area contributed by atoms with E-state index in [4.69, 9.17) is 5.11 Å². The Morgan fingerprint density at radius 2 is 2.17 bits per heavy atom. The largest absolute Gasteiger partial charge is 0.480 e. The molecule has 0 spiro atoms. The van der Waals surface area contributed by atoms with E-state index in [1.165, 1.54) is 11.0 Å².